The summed E-state index contributed by atoms with van der Waals surface area (Å²) < 4.78 is 15.8. The molecule has 1 aromatic heterocycles. The molecular weight excluding hydrogens is 264 g/mol. The van der Waals surface area contributed by atoms with Crippen LogP contribution in [-0.4, -0.2) is 27.8 Å². The predicted molar refractivity (Wildman–Crippen MR) is 67.9 cm³/mol. The van der Waals surface area contributed by atoms with Crippen molar-refractivity contribution in [2.24, 2.45) is 0 Å². The lowest BCUT2D eigenvalue weighted by Gasteiger charge is -2.12. The smallest absolute Gasteiger partial charge is 0.339 e. The van der Waals surface area contributed by atoms with Crippen LogP contribution in [0.5, 0.6) is 11.5 Å². The third kappa shape index (κ3) is 3.05. The summed E-state index contributed by atoms with van der Waals surface area (Å²) in [5.41, 5.74) is 0.0205. The summed E-state index contributed by atoms with van der Waals surface area (Å²) in [6, 6.07) is 4.68. The summed E-state index contributed by atoms with van der Waals surface area (Å²) in [6.07, 6.45) is 0. The Balaban J connectivity index is 2.25. The largest absolute Gasteiger partial charge is 0.490 e. The molecule has 0 atom stereocenters. The highest BCUT2D eigenvalue weighted by Crippen LogP contribution is 2.32. The lowest BCUT2D eigenvalue weighted by Crippen LogP contribution is -2.06. The van der Waals surface area contributed by atoms with E-state index in [4.69, 9.17) is 14.0 Å². The van der Waals surface area contributed by atoms with Gasteiger partial charge in [-0.2, -0.15) is 4.98 Å². The molecule has 2 aromatic rings. The monoisotopic (exact) mass is 278 g/mol. The number of rotatable bonds is 6. The van der Waals surface area contributed by atoms with Crippen molar-refractivity contribution in [1.82, 2.24) is 10.1 Å². The summed E-state index contributed by atoms with van der Waals surface area (Å²) in [4.78, 5) is 15.2. The van der Waals surface area contributed by atoms with Crippen LogP contribution in [0.4, 0.5) is 0 Å². The molecule has 0 fully saturated rings. The van der Waals surface area contributed by atoms with Gasteiger partial charge in [-0.25, -0.2) is 4.79 Å². The minimum absolute atomic E-state index is 0.0205. The number of benzene rings is 1. The first-order valence-electron chi connectivity index (χ1n) is 6.03. The molecule has 7 nitrogen and oxygen atoms in total. The van der Waals surface area contributed by atoms with Gasteiger partial charge in [0.1, 0.15) is 5.56 Å². The standard InChI is InChI=1S/C13H14N2O5/c1-3-18-10-6-4-5-9(13(16)17)12(10)19-7-11-14-8(2)15-20-11/h4-6H,3,7H2,1-2H3,(H,16,17). The molecular formula is C13H14N2O5. The first kappa shape index (κ1) is 13.9. The molecule has 0 radical (unpaired) electrons. The second kappa shape index (κ2) is 6.05. The van der Waals surface area contributed by atoms with Crippen molar-refractivity contribution in [1.29, 1.82) is 0 Å². The number of hydrogen-bond acceptors (Lipinski definition) is 6. The average Bonchev–Trinajstić information content (AvgIpc) is 2.83. The quantitative estimate of drug-likeness (QED) is 0.863. The van der Waals surface area contributed by atoms with Crippen LogP contribution in [0.2, 0.25) is 0 Å². The number of para-hydroxylation sites is 1. The van der Waals surface area contributed by atoms with Gasteiger partial charge in [0.15, 0.2) is 23.9 Å². The molecule has 20 heavy (non-hydrogen) atoms. The van der Waals surface area contributed by atoms with Gasteiger partial charge in [-0.15, -0.1) is 0 Å². The molecule has 7 heteroatoms. The Hall–Kier alpha value is -2.57. The van der Waals surface area contributed by atoms with Crippen molar-refractivity contribution in [3.63, 3.8) is 0 Å². The Morgan fingerprint density at radius 1 is 1.40 bits per heavy atom. The molecule has 0 aliphatic rings. The summed E-state index contributed by atoms with van der Waals surface area (Å²) in [6.45, 7) is 3.87. The Kier molecular flexibility index (Phi) is 4.19. The van der Waals surface area contributed by atoms with Gasteiger partial charge < -0.3 is 19.1 Å². The van der Waals surface area contributed by atoms with Gasteiger partial charge in [0.05, 0.1) is 6.61 Å². The van der Waals surface area contributed by atoms with Crippen LogP contribution in [0.25, 0.3) is 0 Å². The molecule has 2 rings (SSSR count). The van der Waals surface area contributed by atoms with Crippen molar-refractivity contribution < 1.29 is 23.9 Å². The average molecular weight is 278 g/mol. The minimum Gasteiger partial charge on any atom is -0.490 e. The number of aromatic nitrogens is 2. The number of ether oxygens (including phenoxy) is 2. The maximum atomic E-state index is 11.2. The highest BCUT2D eigenvalue weighted by atomic mass is 16.5. The van der Waals surface area contributed by atoms with Gasteiger partial charge in [-0.05, 0) is 26.0 Å². The van der Waals surface area contributed by atoms with E-state index in [2.05, 4.69) is 10.1 Å². The van der Waals surface area contributed by atoms with E-state index in [1.165, 1.54) is 6.07 Å². The van der Waals surface area contributed by atoms with E-state index in [1.54, 1.807) is 26.0 Å². The molecule has 0 aliphatic heterocycles. The highest BCUT2D eigenvalue weighted by Gasteiger charge is 2.17. The van der Waals surface area contributed by atoms with E-state index in [0.29, 0.717) is 18.2 Å². The number of carboxylic acids is 1. The van der Waals surface area contributed by atoms with Crippen LogP contribution in [0.1, 0.15) is 29.0 Å². The molecule has 0 saturated carbocycles. The third-order valence-electron chi connectivity index (χ3n) is 2.42. The summed E-state index contributed by atoms with van der Waals surface area (Å²) in [5, 5.41) is 12.8. The molecule has 0 unspecified atom stereocenters. The van der Waals surface area contributed by atoms with Crippen LogP contribution < -0.4 is 9.47 Å². The highest BCUT2D eigenvalue weighted by molar-refractivity contribution is 5.92. The second-order valence-electron chi connectivity index (χ2n) is 3.90. The van der Waals surface area contributed by atoms with E-state index in [9.17, 15) is 9.90 Å². The topological polar surface area (TPSA) is 94.7 Å². The number of hydrogen-bond donors (Lipinski definition) is 1. The number of carboxylic acid groups (broad SMARTS) is 1. The number of aromatic carboxylic acids is 1. The summed E-state index contributed by atoms with van der Waals surface area (Å²) >= 11 is 0. The van der Waals surface area contributed by atoms with Gasteiger partial charge in [-0.1, -0.05) is 11.2 Å². The lowest BCUT2D eigenvalue weighted by atomic mass is 10.2. The molecule has 1 heterocycles. The zero-order chi connectivity index (χ0) is 14.5. The van der Waals surface area contributed by atoms with Gasteiger partial charge in [0.25, 0.3) is 5.89 Å². The van der Waals surface area contributed by atoms with Crippen molar-refractivity contribution in [2.75, 3.05) is 6.61 Å². The molecule has 0 saturated heterocycles. The number of nitrogens with zero attached hydrogens (tertiary/aromatic N) is 2. The zero-order valence-corrected chi connectivity index (χ0v) is 11.1. The summed E-state index contributed by atoms with van der Waals surface area (Å²) in [7, 11) is 0. The van der Waals surface area contributed by atoms with Crippen molar-refractivity contribution in [3.8, 4) is 11.5 Å². The zero-order valence-electron chi connectivity index (χ0n) is 11.1. The normalized spacial score (nSPS) is 10.3. The fourth-order valence-corrected chi connectivity index (χ4v) is 1.63. The van der Waals surface area contributed by atoms with Crippen LogP contribution >= 0.6 is 0 Å². The number of carbonyl (C=O) groups is 1. The van der Waals surface area contributed by atoms with Crippen LogP contribution in [0, 0.1) is 6.92 Å². The fourth-order valence-electron chi connectivity index (χ4n) is 1.63. The van der Waals surface area contributed by atoms with Crippen molar-refractivity contribution in [2.45, 2.75) is 20.5 Å². The van der Waals surface area contributed by atoms with Crippen molar-refractivity contribution >= 4 is 5.97 Å². The third-order valence-corrected chi connectivity index (χ3v) is 2.42. The Morgan fingerprint density at radius 2 is 2.20 bits per heavy atom. The molecule has 106 valence electrons. The van der Waals surface area contributed by atoms with Crippen molar-refractivity contribution in [3.05, 3.63) is 35.5 Å². The Morgan fingerprint density at radius 3 is 2.80 bits per heavy atom. The van der Waals surface area contributed by atoms with E-state index in [1.807, 2.05) is 0 Å². The first-order chi connectivity index (χ1) is 9.61. The number of aryl methyl sites for hydroxylation is 1. The Bertz CT molecular complexity index is 609. The predicted octanol–water partition coefficient (Wildman–Crippen LogP) is 2.05. The minimum atomic E-state index is -1.09. The van der Waals surface area contributed by atoms with Crippen LogP contribution in [-0.2, 0) is 6.61 Å². The lowest BCUT2D eigenvalue weighted by molar-refractivity contribution is 0.0689. The molecule has 0 spiro atoms. The van der Waals surface area contributed by atoms with Gasteiger partial charge in [0.2, 0.25) is 0 Å². The van der Waals surface area contributed by atoms with E-state index < -0.39 is 5.97 Å². The Labute approximate surface area is 115 Å². The van der Waals surface area contributed by atoms with E-state index >= 15 is 0 Å². The maximum absolute atomic E-state index is 11.2. The SMILES string of the molecule is CCOc1cccc(C(=O)O)c1OCc1nc(C)no1. The second-order valence-corrected chi connectivity index (χ2v) is 3.90. The molecule has 1 N–H and O–H groups in total. The molecule has 1 aromatic carbocycles. The molecule has 0 bridgehead atoms. The summed E-state index contributed by atoms with van der Waals surface area (Å²) in [5.74, 6) is 0.176. The van der Waals surface area contributed by atoms with Crippen LogP contribution in [0.15, 0.2) is 22.7 Å². The first-order valence-corrected chi connectivity index (χ1v) is 6.03. The maximum Gasteiger partial charge on any atom is 0.339 e. The molecule has 0 amide bonds. The van der Waals surface area contributed by atoms with E-state index in [-0.39, 0.29) is 23.8 Å². The van der Waals surface area contributed by atoms with E-state index in [0.717, 1.165) is 0 Å². The van der Waals surface area contributed by atoms with Gasteiger partial charge >= 0.3 is 5.97 Å². The van der Waals surface area contributed by atoms with Crippen LogP contribution in [0.3, 0.4) is 0 Å². The molecule has 0 aliphatic carbocycles. The van der Waals surface area contributed by atoms with Gasteiger partial charge in [0, 0.05) is 0 Å². The fraction of sp³-hybridized carbons (Fsp3) is 0.308. The van der Waals surface area contributed by atoms with Gasteiger partial charge in [-0.3, -0.25) is 0 Å².